The third kappa shape index (κ3) is 3.71. The van der Waals surface area contributed by atoms with Crippen LogP contribution in [0.3, 0.4) is 0 Å². The van der Waals surface area contributed by atoms with Gasteiger partial charge in [-0.3, -0.25) is 0 Å². The summed E-state index contributed by atoms with van der Waals surface area (Å²) in [6.07, 6.45) is 5.47. The number of hydrogen-bond acceptors (Lipinski definition) is 3. The summed E-state index contributed by atoms with van der Waals surface area (Å²) in [5.41, 5.74) is 2.83. The lowest BCUT2D eigenvalue weighted by molar-refractivity contribution is 0.272. The predicted octanol–water partition coefficient (Wildman–Crippen LogP) is 2.82. The lowest BCUT2D eigenvalue weighted by Crippen LogP contribution is -2.32. The zero-order valence-electron chi connectivity index (χ0n) is 12.0. The molecule has 0 radical (unpaired) electrons. The van der Waals surface area contributed by atoms with Crippen molar-refractivity contribution in [2.24, 2.45) is 0 Å². The fourth-order valence-corrected chi connectivity index (χ4v) is 2.92. The van der Waals surface area contributed by atoms with Crippen molar-refractivity contribution in [1.82, 2.24) is 5.32 Å². The van der Waals surface area contributed by atoms with Crippen molar-refractivity contribution in [3.05, 3.63) is 29.3 Å². The highest BCUT2D eigenvalue weighted by atomic mass is 16.5. The molecule has 1 aromatic carbocycles. The van der Waals surface area contributed by atoms with Crippen LogP contribution < -0.4 is 10.1 Å². The molecule has 0 fully saturated rings. The molecular formula is C16H25NO2. The van der Waals surface area contributed by atoms with E-state index in [1.54, 1.807) is 7.11 Å². The molecule has 1 aliphatic rings. The fourth-order valence-electron chi connectivity index (χ4n) is 2.92. The number of aliphatic hydroxyl groups excluding tert-OH is 1. The summed E-state index contributed by atoms with van der Waals surface area (Å²) in [6, 6.07) is 7.32. The Morgan fingerprint density at radius 1 is 1.47 bits per heavy atom. The van der Waals surface area contributed by atoms with Gasteiger partial charge in [0, 0.05) is 18.7 Å². The molecule has 2 unspecified atom stereocenters. The zero-order chi connectivity index (χ0) is 13.7. The molecule has 0 spiro atoms. The standard InChI is InChI=1S/C16H25NO2/c1-12(5-4-10-18)17-16-7-3-6-13-11-14(19-2)8-9-15(13)16/h8-9,11-12,16-18H,3-7,10H2,1-2H3. The number of hydrogen-bond donors (Lipinski definition) is 2. The summed E-state index contributed by atoms with van der Waals surface area (Å²) in [4.78, 5) is 0. The van der Waals surface area contributed by atoms with E-state index in [9.17, 15) is 0 Å². The maximum Gasteiger partial charge on any atom is 0.119 e. The van der Waals surface area contributed by atoms with E-state index in [2.05, 4.69) is 30.4 Å². The average Bonchev–Trinajstić information content (AvgIpc) is 2.44. The van der Waals surface area contributed by atoms with Crippen LogP contribution in [0.15, 0.2) is 18.2 Å². The molecule has 0 amide bonds. The number of nitrogens with one attached hydrogen (secondary N) is 1. The number of methoxy groups -OCH3 is 1. The van der Waals surface area contributed by atoms with E-state index in [0.29, 0.717) is 12.1 Å². The van der Waals surface area contributed by atoms with Crippen LogP contribution in [0, 0.1) is 0 Å². The van der Waals surface area contributed by atoms with E-state index in [1.807, 2.05) is 0 Å². The van der Waals surface area contributed by atoms with Gasteiger partial charge in [0.1, 0.15) is 5.75 Å². The van der Waals surface area contributed by atoms with Crippen molar-refractivity contribution >= 4 is 0 Å². The molecule has 0 aliphatic heterocycles. The van der Waals surface area contributed by atoms with Crippen LogP contribution >= 0.6 is 0 Å². The molecule has 106 valence electrons. The Morgan fingerprint density at radius 2 is 2.32 bits per heavy atom. The third-order valence-corrected chi connectivity index (χ3v) is 3.95. The van der Waals surface area contributed by atoms with Crippen molar-refractivity contribution in [2.45, 2.75) is 51.1 Å². The van der Waals surface area contributed by atoms with Gasteiger partial charge in [-0.1, -0.05) is 6.07 Å². The normalized spacial score (nSPS) is 19.8. The first-order chi connectivity index (χ1) is 9.24. The van der Waals surface area contributed by atoms with Gasteiger partial charge in [0.15, 0.2) is 0 Å². The van der Waals surface area contributed by atoms with Crippen LogP contribution in [0.1, 0.15) is 49.8 Å². The topological polar surface area (TPSA) is 41.5 Å². The number of rotatable bonds is 6. The number of aryl methyl sites for hydroxylation is 1. The lowest BCUT2D eigenvalue weighted by Gasteiger charge is -2.29. The quantitative estimate of drug-likeness (QED) is 0.829. The second-order valence-electron chi connectivity index (χ2n) is 5.44. The summed E-state index contributed by atoms with van der Waals surface area (Å²) in [6.45, 7) is 2.48. The number of ether oxygens (including phenoxy) is 1. The van der Waals surface area contributed by atoms with Gasteiger partial charge in [-0.05, 0) is 62.3 Å². The van der Waals surface area contributed by atoms with Crippen molar-refractivity contribution < 1.29 is 9.84 Å². The molecule has 0 saturated heterocycles. The number of fused-ring (bicyclic) bond motifs is 1. The van der Waals surface area contributed by atoms with Gasteiger partial charge in [-0.25, -0.2) is 0 Å². The Kier molecular flexibility index (Phi) is 5.23. The van der Waals surface area contributed by atoms with E-state index in [-0.39, 0.29) is 6.61 Å². The molecule has 1 aromatic rings. The van der Waals surface area contributed by atoms with Crippen LogP contribution in [-0.2, 0) is 6.42 Å². The number of benzene rings is 1. The van der Waals surface area contributed by atoms with E-state index < -0.39 is 0 Å². The van der Waals surface area contributed by atoms with Crippen LogP contribution in [-0.4, -0.2) is 24.9 Å². The van der Waals surface area contributed by atoms with Gasteiger partial charge >= 0.3 is 0 Å². The van der Waals surface area contributed by atoms with Gasteiger partial charge in [-0.15, -0.1) is 0 Å². The lowest BCUT2D eigenvalue weighted by atomic mass is 9.87. The highest BCUT2D eigenvalue weighted by Crippen LogP contribution is 2.32. The summed E-state index contributed by atoms with van der Waals surface area (Å²) < 4.78 is 5.30. The van der Waals surface area contributed by atoms with Crippen molar-refractivity contribution in [2.75, 3.05) is 13.7 Å². The van der Waals surface area contributed by atoms with Crippen LogP contribution in [0.25, 0.3) is 0 Å². The molecule has 2 atom stereocenters. The van der Waals surface area contributed by atoms with Gasteiger partial charge < -0.3 is 15.2 Å². The first-order valence-corrected chi connectivity index (χ1v) is 7.28. The van der Waals surface area contributed by atoms with Crippen LogP contribution in [0.2, 0.25) is 0 Å². The largest absolute Gasteiger partial charge is 0.497 e. The first-order valence-electron chi connectivity index (χ1n) is 7.28. The Labute approximate surface area is 116 Å². The van der Waals surface area contributed by atoms with Gasteiger partial charge in [0.25, 0.3) is 0 Å². The molecule has 0 bridgehead atoms. The molecule has 19 heavy (non-hydrogen) atoms. The van der Waals surface area contributed by atoms with Gasteiger partial charge in [0.05, 0.1) is 7.11 Å². The van der Waals surface area contributed by atoms with E-state index >= 15 is 0 Å². The first kappa shape index (κ1) is 14.4. The Hall–Kier alpha value is -1.06. The van der Waals surface area contributed by atoms with Crippen molar-refractivity contribution in [3.8, 4) is 5.75 Å². The highest BCUT2D eigenvalue weighted by molar-refractivity contribution is 5.39. The monoisotopic (exact) mass is 263 g/mol. The molecule has 0 heterocycles. The van der Waals surface area contributed by atoms with Crippen LogP contribution in [0.5, 0.6) is 5.75 Å². The minimum absolute atomic E-state index is 0.282. The third-order valence-electron chi connectivity index (χ3n) is 3.95. The Balaban J connectivity index is 2.05. The maximum absolute atomic E-state index is 8.89. The fraction of sp³-hybridized carbons (Fsp3) is 0.625. The zero-order valence-corrected chi connectivity index (χ0v) is 12.0. The Bertz CT molecular complexity index is 406. The molecule has 3 nitrogen and oxygen atoms in total. The summed E-state index contributed by atoms with van der Waals surface area (Å²) in [7, 11) is 1.72. The molecular weight excluding hydrogens is 238 g/mol. The summed E-state index contributed by atoms with van der Waals surface area (Å²) >= 11 is 0. The Morgan fingerprint density at radius 3 is 3.05 bits per heavy atom. The highest BCUT2D eigenvalue weighted by Gasteiger charge is 2.21. The molecule has 0 saturated carbocycles. The molecule has 1 aliphatic carbocycles. The SMILES string of the molecule is COc1ccc2c(c1)CCCC2NC(C)CCCO. The smallest absolute Gasteiger partial charge is 0.119 e. The second kappa shape index (κ2) is 6.92. The van der Waals surface area contributed by atoms with E-state index in [1.165, 1.54) is 24.0 Å². The predicted molar refractivity (Wildman–Crippen MR) is 77.6 cm³/mol. The number of aliphatic hydroxyl groups is 1. The minimum Gasteiger partial charge on any atom is -0.497 e. The van der Waals surface area contributed by atoms with Crippen molar-refractivity contribution in [3.63, 3.8) is 0 Å². The van der Waals surface area contributed by atoms with E-state index in [0.717, 1.165) is 25.0 Å². The molecule has 2 N–H and O–H groups in total. The summed E-state index contributed by atoms with van der Waals surface area (Å²) in [5.74, 6) is 0.952. The van der Waals surface area contributed by atoms with Crippen LogP contribution in [0.4, 0.5) is 0 Å². The van der Waals surface area contributed by atoms with Crippen molar-refractivity contribution in [1.29, 1.82) is 0 Å². The average molecular weight is 263 g/mol. The van der Waals surface area contributed by atoms with Gasteiger partial charge in [0.2, 0.25) is 0 Å². The molecule has 3 heteroatoms. The molecule has 0 aromatic heterocycles. The van der Waals surface area contributed by atoms with E-state index in [4.69, 9.17) is 9.84 Å². The maximum atomic E-state index is 8.89. The minimum atomic E-state index is 0.282. The molecule has 2 rings (SSSR count). The second-order valence-corrected chi connectivity index (χ2v) is 5.44. The van der Waals surface area contributed by atoms with Gasteiger partial charge in [-0.2, -0.15) is 0 Å². The summed E-state index contributed by atoms with van der Waals surface area (Å²) in [5, 5.41) is 12.6.